The number of likely N-dealkylation sites (tertiary alicyclic amines) is 1. The van der Waals surface area contributed by atoms with Gasteiger partial charge in [0.2, 0.25) is 0 Å². The summed E-state index contributed by atoms with van der Waals surface area (Å²) in [6.07, 6.45) is 6.74. The third kappa shape index (κ3) is 5.22. The number of piperidine rings is 2. The van der Waals surface area contributed by atoms with Crippen molar-refractivity contribution >= 4 is 16.1 Å². The molecule has 1 aromatic heterocycles. The molecule has 1 amide bonds. The van der Waals surface area contributed by atoms with Crippen LogP contribution in [0.2, 0.25) is 0 Å². The highest BCUT2D eigenvalue weighted by Crippen LogP contribution is 2.40. The smallest absolute Gasteiger partial charge is 0.280 e. The largest absolute Gasteiger partial charge is 0.360 e. The summed E-state index contributed by atoms with van der Waals surface area (Å²) in [6.45, 7) is 2.67. The van der Waals surface area contributed by atoms with Crippen LogP contribution in [-0.4, -0.2) is 65.9 Å². The van der Waals surface area contributed by atoms with Crippen molar-refractivity contribution in [3.63, 3.8) is 0 Å². The molecule has 3 aliphatic heterocycles. The van der Waals surface area contributed by atoms with Crippen LogP contribution >= 0.6 is 0 Å². The van der Waals surface area contributed by atoms with Crippen molar-refractivity contribution in [3.8, 4) is 0 Å². The highest BCUT2D eigenvalue weighted by Gasteiger charge is 2.47. The lowest BCUT2D eigenvalue weighted by atomic mass is 9.99. The van der Waals surface area contributed by atoms with Gasteiger partial charge in [0, 0.05) is 55.8 Å². The van der Waals surface area contributed by atoms with E-state index in [-0.39, 0.29) is 30.1 Å². The van der Waals surface area contributed by atoms with Crippen molar-refractivity contribution in [2.24, 2.45) is 0 Å². The van der Waals surface area contributed by atoms with E-state index in [0.717, 1.165) is 63.9 Å². The SMILES string of the molecule is O=C(NC1CC2CC[C@H](C1)N2S(=O)(=O)NC1CCN(Cc2ccccc2)CC1)c1cc(C2CC2)on1. The Kier molecular flexibility index (Phi) is 6.62. The van der Waals surface area contributed by atoms with Crippen LogP contribution < -0.4 is 10.0 Å². The van der Waals surface area contributed by atoms with Gasteiger partial charge in [0.05, 0.1) is 0 Å². The predicted octanol–water partition coefficient (Wildman–Crippen LogP) is 2.78. The molecular formula is C26H35N5O4S. The number of carbonyl (C=O) groups excluding carboxylic acids is 1. The van der Waals surface area contributed by atoms with Gasteiger partial charge in [0.1, 0.15) is 5.76 Å². The van der Waals surface area contributed by atoms with Gasteiger partial charge in [0.15, 0.2) is 5.69 Å². The van der Waals surface area contributed by atoms with E-state index in [9.17, 15) is 13.2 Å². The predicted molar refractivity (Wildman–Crippen MR) is 134 cm³/mol. The third-order valence-electron chi connectivity index (χ3n) is 8.17. The van der Waals surface area contributed by atoms with Gasteiger partial charge in [-0.1, -0.05) is 35.5 Å². The summed E-state index contributed by atoms with van der Waals surface area (Å²) in [6, 6.07) is 11.9. The van der Waals surface area contributed by atoms with Gasteiger partial charge in [-0.2, -0.15) is 17.4 Å². The van der Waals surface area contributed by atoms with Crippen molar-refractivity contribution < 1.29 is 17.7 Å². The molecule has 6 rings (SSSR count). The van der Waals surface area contributed by atoms with Crippen LogP contribution in [0.4, 0.5) is 0 Å². The number of nitrogens with zero attached hydrogens (tertiary/aromatic N) is 3. The quantitative estimate of drug-likeness (QED) is 0.562. The summed E-state index contributed by atoms with van der Waals surface area (Å²) < 4.78 is 36.8. The second kappa shape index (κ2) is 9.89. The monoisotopic (exact) mass is 513 g/mol. The molecule has 3 atom stereocenters. The van der Waals surface area contributed by atoms with E-state index in [1.54, 1.807) is 10.4 Å². The molecule has 194 valence electrons. The van der Waals surface area contributed by atoms with Crippen LogP contribution in [0.25, 0.3) is 0 Å². The summed E-state index contributed by atoms with van der Waals surface area (Å²) in [4.78, 5) is 15.1. The third-order valence-corrected chi connectivity index (χ3v) is 9.95. The lowest BCUT2D eigenvalue weighted by molar-refractivity contribution is 0.0899. The standard InChI is InChI=1S/C26H35N5O4S/c32-26(24-16-25(35-28-24)19-6-7-19)27-21-14-22-8-9-23(15-21)31(22)36(33,34)29-20-10-12-30(13-11-20)17-18-4-2-1-3-5-18/h1-5,16,19-23,29H,6-15,17H2,(H,27,32)/t21?,22-,23?/m1/s1. The Morgan fingerprint density at radius 3 is 2.33 bits per heavy atom. The molecular weight excluding hydrogens is 478 g/mol. The van der Waals surface area contributed by atoms with Gasteiger partial charge in [0.25, 0.3) is 16.1 Å². The molecule has 36 heavy (non-hydrogen) atoms. The molecule has 1 saturated carbocycles. The van der Waals surface area contributed by atoms with Crippen LogP contribution in [0.3, 0.4) is 0 Å². The average molecular weight is 514 g/mol. The molecule has 1 aromatic carbocycles. The zero-order chi connectivity index (χ0) is 24.7. The number of carbonyl (C=O) groups is 1. The van der Waals surface area contributed by atoms with Crippen LogP contribution in [-0.2, 0) is 16.8 Å². The van der Waals surface area contributed by atoms with E-state index in [0.29, 0.717) is 24.5 Å². The van der Waals surface area contributed by atoms with E-state index in [1.807, 2.05) is 6.07 Å². The normalized spacial score (nSPS) is 27.8. The maximum Gasteiger partial charge on any atom is 0.280 e. The van der Waals surface area contributed by atoms with Gasteiger partial charge < -0.3 is 9.84 Å². The summed E-state index contributed by atoms with van der Waals surface area (Å²) in [7, 11) is -3.57. The number of rotatable bonds is 8. The van der Waals surface area contributed by atoms with Crippen LogP contribution in [0.5, 0.6) is 0 Å². The molecule has 10 heteroatoms. The second-order valence-electron chi connectivity index (χ2n) is 10.9. The fraction of sp³-hybridized carbons (Fsp3) is 0.615. The molecule has 9 nitrogen and oxygen atoms in total. The van der Waals surface area contributed by atoms with Gasteiger partial charge in [-0.3, -0.25) is 9.69 Å². The molecule has 4 heterocycles. The highest BCUT2D eigenvalue weighted by atomic mass is 32.2. The van der Waals surface area contributed by atoms with Crippen molar-refractivity contribution in [2.75, 3.05) is 13.1 Å². The fourth-order valence-electron chi connectivity index (χ4n) is 6.18. The number of fused-ring (bicyclic) bond motifs is 2. The number of nitrogens with one attached hydrogen (secondary N) is 2. The number of aromatic nitrogens is 1. The Hall–Kier alpha value is -2.27. The van der Waals surface area contributed by atoms with Crippen LogP contribution in [0, 0.1) is 0 Å². The Morgan fingerprint density at radius 1 is 0.972 bits per heavy atom. The minimum atomic E-state index is -3.57. The molecule has 4 aliphatic rings. The fourth-order valence-corrected chi connectivity index (χ4v) is 8.13. The van der Waals surface area contributed by atoms with Crippen LogP contribution in [0.1, 0.15) is 79.1 Å². The number of amides is 1. The van der Waals surface area contributed by atoms with Crippen molar-refractivity contribution in [2.45, 2.75) is 88.0 Å². The Balaban J connectivity index is 1.01. The van der Waals surface area contributed by atoms with Gasteiger partial charge in [-0.15, -0.1) is 0 Å². The first kappa shape index (κ1) is 24.1. The minimum absolute atomic E-state index is 0.0355. The molecule has 2 bridgehead atoms. The second-order valence-corrected chi connectivity index (χ2v) is 12.5. The summed E-state index contributed by atoms with van der Waals surface area (Å²) in [5.74, 6) is 0.969. The highest BCUT2D eigenvalue weighted by molar-refractivity contribution is 7.87. The Morgan fingerprint density at radius 2 is 1.67 bits per heavy atom. The maximum absolute atomic E-state index is 13.4. The lowest BCUT2D eigenvalue weighted by Crippen LogP contribution is -2.57. The number of hydrogen-bond acceptors (Lipinski definition) is 6. The first-order valence-corrected chi connectivity index (χ1v) is 14.7. The molecule has 4 fully saturated rings. The summed E-state index contributed by atoms with van der Waals surface area (Å²) in [5, 5.41) is 7.02. The summed E-state index contributed by atoms with van der Waals surface area (Å²) >= 11 is 0. The van der Waals surface area contributed by atoms with E-state index in [4.69, 9.17) is 4.52 Å². The summed E-state index contributed by atoms with van der Waals surface area (Å²) in [5.41, 5.74) is 1.61. The van der Waals surface area contributed by atoms with E-state index in [1.165, 1.54) is 5.56 Å². The van der Waals surface area contributed by atoms with Gasteiger partial charge in [-0.05, 0) is 56.9 Å². The Labute approximate surface area is 212 Å². The van der Waals surface area contributed by atoms with Crippen molar-refractivity contribution in [1.29, 1.82) is 0 Å². The van der Waals surface area contributed by atoms with Crippen LogP contribution in [0.15, 0.2) is 40.9 Å². The maximum atomic E-state index is 13.4. The molecule has 0 spiro atoms. The molecule has 0 radical (unpaired) electrons. The molecule has 2 unspecified atom stereocenters. The van der Waals surface area contributed by atoms with Gasteiger partial charge >= 0.3 is 0 Å². The number of hydrogen-bond donors (Lipinski definition) is 2. The minimum Gasteiger partial charge on any atom is -0.360 e. The zero-order valence-electron chi connectivity index (χ0n) is 20.5. The van der Waals surface area contributed by atoms with E-state index >= 15 is 0 Å². The zero-order valence-corrected chi connectivity index (χ0v) is 21.3. The molecule has 2 aromatic rings. The first-order valence-electron chi connectivity index (χ1n) is 13.3. The lowest BCUT2D eigenvalue weighted by Gasteiger charge is -2.39. The first-order chi connectivity index (χ1) is 17.4. The molecule has 1 aliphatic carbocycles. The van der Waals surface area contributed by atoms with E-state index in [2.05, 4.69) is 44.4 Å². The van der Waals surface area contributed by atoms with Crippen molar-refractivity contribution in [1.82, 2.24) is 24.4 Å². The topological polar surface area (TPSA) is 108 Å². The Bertz CT molecular complexity index is 1160. The molecule has 3 saturated heterocycles. The van der Waals surface area contributed by atoms with Crippen molar-refractivity contribution in [3.05, 3.63) is 53.4 Å². The number of benzene rings is 1. The van der Waals surface area contributed by atoms with Gasteiger partial charge in [-0.25, -0.2) is 0 Å². The molecule has 2 N–H and O–H groups in total. The average Bonchev–Trinajstić information content (AvgIpc) is 3.51. The van der Waals surface area contributed by atoms with E-state index < -0.39 is 10.2 Å².